The SMILES string of the molecule is C1CC[N]C(N2CCOCC2)CC1. The van der Waals surface area contributed by atoms with Gasteiger partial charge in [0.1, 0.15) is 0 Å². The summed E-state index contributed by atoms with van der Waals surface area (Å²) in [5.74, 6) is 0. The fourth-order valence-corrected chi connectivity index (χ4v) is 2.12. The molecule has 3 nitrogen and oxygen atoms in total. The molecule has 0 aromatic heterocycles. The molecule has 1 unspecified atom stereocenters. The zero-order valence-electron chi connectivity index (χ0n) is 8.24. The molecule has 0 aromatic rings. The molecular formula is C10H19N2O. The minimum absolute atomic E-state index is 0.506. The molecule has 75 valence electrons. The van der Waals surface area contributed by atoms with Crippen LogP contribution in [0.1, 0.15) is 25.7 Å². The summed E-state index contributed by atoms with van der Waals surface area (Å²) < 4.78 is 5.34. The van der Waals surface area contributed by atoms with E-state index in [-0.39, 0.29) is 0 Å². The molecule has 0 bridgehead atoms. The van der Waals surface area contributed by atoms with Crippen molar-refractivity contribution in [1.82, 2.24) is 10.2 Å². The zero-order chi connectivity index (χ0) is 8.93. The Hall–Kier alpha value is -0.120. The van der Waals surface area contributed by atoms with Gasteiger partial charge >= 0.3 is 0 Å². The lowest BCUT2D eigenvalue weighted by atomic mass is 10.2. The summed E-state index contributed by atoms with van der Waals surface area (Å²) in [7, 11) is 0. The van der Waals surface area contributed by atoms with Crippen LogP contribution in [0.5, 0.6) is 0 Å². The molecule has 3 heteroatoms. The summed E-state index contributed by atoms with van der Waals surface area (Å²) in [5, 5.41) is 4.72. The molecule has 2 aliphatic rings. The van der Waals surface area contributed by atoms with E-state index in [9.17, 15) is 0 Å². The predicted molar refractivity (Wildman–Crippen MR) is 51.6 cm³/mol. The van der Waals surface area contributed by atoms with Gasteiger partial charge < -0.3 is 4.74 Å². The first-order valence-corrected chi connectivity index (χ1v) is 5.45. The van der Waals surface area contributed by atoms with Crippen LogP contribution in [0.4, 0.5) is 0 Å². The van der Waals surface area contributed by atoms with Crippen LogP contribution in [0.25, 0.3) is 0 Å². The monoisotopic (exact) mass is 183 g/mol. The van der Waals surface area contributed by atoms with Crippen molar-refractivity contribution in [2.75, 3.05) is 32.8 Å². The minimum Gasteiger partial charge on any atom is -0.379 e. The van der Waals surface area contributed by atoms with Crippen molar-refractivity contribution in [2.45, 2.75) is 31.8 Å². The van der Waals surface area contributed by atoms with Crippen LogP contribution in [0.2, 0.25) is 0 Å². The lowest BCUT2D eigenvalue weighted by Crippen LogP contribution is -2.47. The van der Waals surface area contributed by atoms with Crippen LogP contribution in [-0.2, 0) is 4.74 Å². The Morgan fingerprint density at radius 1 is 1.08 bits per heavy atom. The molecule has 2 fully saturated rings. The Labute approximate surface area is 80.4 Å². The van der Waals surface area contributed by atoms with Crippen molar-refractivity contribution in [2.24, 2.45) is 0 Å². The van der Waals surface area contributed by atoms with Crippen molar-refractivity contribution in [3.05, 3.63) is 0 Å². The molecule has 1 radical (unpaired) electrons. The Morgan fingerprint density at radius 3 is 2.77 bits per heavy atom. The lowest BCUT2D eigenvalue weighted by molar-refractivity contribution is 0.00702. The van der Waals surface area contributed by atoms with E-state index in [1.54, 1.807) is 0 Å². The molecule has 0 N–H and O–H groups in total. The van der Waals surface area contributed by atoms with Gasteiger partial charge in [-0.05, 0) is 12.8 Å². The summed E-state index contributed by atoms with van der Waals surface area (Å²) in [5.41, 5.74) is 0. The molecule has 13 heavy (non-hydrogen) atoms. The van der Waals surface area contributed by atoms with Gasteiger partial charge in [0.2, 0.25) is 0 Å². The van der Waals surface area contributed by atoms with Crippen LogP contribution in [0, 0.1) is 0 Å². The third-order valence-electron chi connectivity index (χ3n) is 2.93. The van der Waals surface area contributed by atoms with Crippen molar-refractivity contribution < 1.29 is 4.74 Å². The van der Waals surface area contributed by atoms with E-state index < -0.39 is 0 Å². The number of rotatable bonds is 1. The van der Waals surface area contributed by atoms with Gasteiger partial charge in [0, 0.05) is 19.6 Å². The van der Waals surface area contributed by atoms with Gasteiger partial charge in [-0.2, -0.15) is 0 Å². The van der Waals surface area contributed by atoms with E-state index in [4.69, 9.17) is 10.1 Å². The second-order valence-corrected chi connectivity index (χ2v) is 3.88. The van der Waals surface area contributed by atoms with Crippen LogP contribution >= 0.6 is 0 Å². The van der Waals surface area contributed by atoms with Crippen molar-refractivity contribution >= 4 is 0 Å². The van der Waals surface area contributed by atoms with Gasteiger partial charge in [-0.25, -0.2) is 5.32 Å². The maximum absolute atomic E-state index is 5.34. The first-order chi connectivity index (χ1) is 6.47. The number of hydrogen-bond donors (Lipinski definition) is 0. The molecule has 2 rings (SSSR count). The van der Waals surface area contributed by atoms with Gasteiger partial charge in [-0.3, -0.25) is 4.90 Å². The van der Waals surface area contributed by atoms with Gasteiger partial charge in [-0.15, -0.1) is 0 Å². The molecule has 0 aliphatic carbocycles. The van der Waals surface area contributed by atoms with Gasteiger partial charge in [0.15, 0.2) is 0 Å². The fourth-order valence-electron chi connectivity index (χ4n) is 2.12. The summed E-state index contributed by atoms with van der Waals surface area (Å²) in [6.45, 7) is 5.02. The third kappa shape index (κ3) is 2.66. The standard InChI is InChI=1S/C10H19N2O/c1-2-4-10(11-5-3-1)12-6-8-13-9-7-12/h10H,1-9H2. The summed E-state index contributed by atoms with van der Waals surface area (Å²) in [4.78, 5) is 2.48. The molecule has 2 saturated heterocycles. The van der Waals surface area contributed by atoms with E-state index in [0.717, 1.165) is 32.8 Å². The van der Waals surface area contributed by atoms with E-state index in [1.165, 1.54) is 25.7 Å². The summed E-state index contributed by atoms with van der Waals surface area (Å²) >= 11 is 0. The number of hydrogen-bond acceptors (Lipinski definition) is 2. The maximum atomic E-state index is 5.34. The average Bonchev–Trinajstić information content (AvgIpc) is 2.47. The molecule has 2 heterocycles. The largest absolute Gasteiger partial charge is 0.379 e. The minimum atomic E-state index is 0.506. The topological polar surface area (TPSA) is 26.6 Å². The molecule has 0 aromatic carbocycles. The highest BCUT2D eigenvalue weighted by molar-refractivity contribution is 4.74. The number of morpholine rings is 1. The van der Waals surface area contributed by atoms with Crippen LogP contribution in [0.3, 0.4) is 0 Å². The van der Waals surface area contributed by atoms with E-state index in [2.05, 4.69) is 4.90 Å². The normalized spacial score (nSPS) is 32.8. The highest BCUT2D eigenvalue weighted by Crippen LogP contribution is 2.14. The highest BCUT2D eigenvalue weighted by atomic mass is 16.5. The molecule has 0 saturated carbocycles. The Kier molecular flexibility index (Phi) is 3.58. The Balaban J connectivity index is 1.82. The van der Waals surface area contributed by atoms with Crippen molar-refractivity contribution in [1.29, 1.82) is 0 Å². The molecule has 0 spiro atoms. The van der Waals surface area contributed by atoms with E-state index in [0.29, 0.717) is 6.17 Å². The zero-order valence-corrected chi connectivity index (χ0v) is 8.24. The fraction of sp³-hybridized carbons (Fsp3) is 1.00. The third-order valence-corrected chi connectivity index (χ3v) is 2.93. The molecular weight excluding hydrogens is 164 g/mol. The first kappa shape index (κ1) is 9.44. The second-order valence-electron chi connectivity index (χ2n) is 3.88. The van der Waals surface area contributed by atoms with Crippen LogP contribution in [0.15, 0.2) is 0 Å². The average molecular weight is 183 g/mol. The molecule has 2 aliphatic heterocycles. The van der Waals surface area contributed by atoms with Crippen molar-refractivity contribution in [3.8, 4) is 0 Å². The highest BCUT2D eigenvalue weighted by Gasteiger charge is 2.21. The van der Waals surface area contributed by atoms with E-state index in [1.807, 2.05) is 0 Å². The molecule has 1 atom stereocenters. The first-order valence-electron chi connectivity index (χ1n) is 5.45. The summed E-state index contributed by atoms with van der Waals surface area (Å²) in [6.07, 6.45) is 5.78. The second kappa shape index (κ2) is 4.94. The van der Waals surface area contributed by atoms with Gasteiger partial charge in [0.25, 0.3) is 0 Å². The van der Waals surface area contributed by atoms with Gasteiger partial charge in [0.05, 0.1) is 19.4 Å². The molecule has 0 amide bonds. The lowest BCUT2D eigenvalue weighted by Gasteiger charge is -2.33. The Bertz CT molecular complexity index is 138. The van der Waals surface area contributed by atoms with E-state index >= 15 is 0 Å². The maximum Gasteiger partial charge on any atom is 0.0762 e. The van der Waals surface area contributed by atoms with Gasteiger partial charge in [-0.1, -0.05) is 12.8 Å². The number of nitrogens with zero attached hydrogens (tertiary/aromatic N) is 2. The quantitative estimate of drug-likeness (QED) is 0.602. The smallest absolute Gasteiger partial charge is 0.0762 e. The predicted octanol–water partition coefficient (Wildman–Crippen LogP) is 0.823. The van der Waals surface area contributed by atoms with Crippen LogP contribution in [-0.4, -0.2) is 43.9 Å². The van der Waals surface area contributed by atoms with Crippen LogP contribution < -0.4 is 5.32 Å². The number of ether oxygens (including phenoxy) is 1. The Morgan fingerprint density at radius 2 is 1.92 bits per heavy atom. The van der Waals surface area contributed by atoms with Crippen molar-refractivity contribution in [3.63, 3.8) is 0 Å². The summed E-state index contributed by atoms with van der Waals surface area (Å²) in [6, 6.07) is 0.